The van der Waals surface area contributed by atoms with E-state index in [9.17, 15) is 10.1 Å². The van der Waals surface area contributed by atoms with Crippen LogP contribution in [0.5, 0.6) is 0 Å². The number of rotatable bonds is 7. The number of nitriles is 1. The van der Waals surface area contributed by atoms with Crippen molar-refractivity contribution in [3.8, 4) is 23.3 Å². The standard InChI is InChI=1S/C29H22N6O/c30-14-12-25-18-32-28(23-11-8-19-4-1-2-5-21(19)16-23)35(25)26-13-15-31-29(34-26)33-24-7-3-6-22(17-24)27(36)20-9-10-20/h1-8,11,13,15-18,20H,9-10,12H2,(H,31,33,34). The Morgan fingerprint density at radius 1 is 1.00 bits per heavy atom. The molecule has 0 saturated heterocycles. The molecule has 7 nitrogen and oxygen atoms in total. The van der Waals surface area contributed by atoms with Gasteiger partial charge in [0, 0.05) is 28.9 Å². The summed E-state index contributed by atoms with van der Waals surface area (Å²) in [4.78, 5) is 26.2. The number of carbonyl (C=O) groups is 1. The average molecular weight is 471 g/mol. The number of anilines is 2. The highest BCUT2D eigenvalue weighted by Crippen LogP contribution is 2.33. The lowest BCUT2D eigenvalue weighted by Crippen LogP contribution is -2.07. The van der Waals surface area contributed by atoms with Gasteiger partial charge in [0.2, 0.25) is 5.95 Å². The minimum atomic E-state index is 0.160. The molecule has 1 aliphatic carbocycles. The summed E-state index contributed by atoms with van der Waals surface area (Å²) < 4.78 is 1.90. The Hall–Kier alpha value is -4.83. The van der Waals surface area contributed by atoms with Crippen LogP contribution < -0.4 is 5.32 Å². The van der Waals surface area contributed by atoms with Crippen LogP contribution in [0.15, 0.2) is 85.2 Å². The van der Waals surface area contributed by atoms with Gasteiger partial charge in [-0.1, -0.05) is 48.5 Å². The van der Waals surface area contributed by atoms with E-state index >= 15 is 0 Å². The summed E-state index contributed by atoms with van der Waals surface area (Å²) in [6, 6.07) is 25.8. The van der Waals surface area contributed by atoms with Gasteiger partial charge in [-0.25, -0.2) is 9.97 Å². The highest BCUT2D eigenvalue weighted by atomic mass is 16.1. The van der Waals surface area contributed by atoms with Crippen LogP contribution in [0, 0.1) is 17.2 Å². The van der Waals surface area contributed by atoms with Gasteiger partial charge >= 0.3 is 0 Å². The highest BCUT2D eigenvalue weighted by molar-refractivity contribution is 6.00. The van der Waals surface area contributed by atoms with Crippen LogP contribution in [0.3, 0.4) is 0 Å². The lowest BCUT2D eigenvalue weighted by molar-refractivity contribution is 0.0967. The molecule has 0 bridgehead atoms. The first-order valence-electron chi connectivity index (χ1n) is 11.9. The van der Waals surface area contributed by atoms with E-state index in [4.69, 9.17) is 4.98 Å². The van der Waals surface area contributed by atoms with Gasteiger partial charge in [0.05, 0.1) is 24.4 Å². The van der Waals surface area contributed by atoms with Crippen LogP contribution in [0.25, 0.3) is 28.0 Å². The number of nitrogens with one attached hydrogen (secondary N) is 1. The van der Waals surface area contributed by atoms with Gasteiger partial charge in [0.1, 0.15) is 11.6 Å². The maximum atomic E-state index is 12.5. The van der Waals surface area contributed by atoms with E-state index in [0.29, 0.717) is 23.2 Å². The van der Waals surface area contributed by atoms with Gasteiger partial charge < -0.3 is 5.32 Å². The molecule has 6 rings (SSSR count). The van der Waals surface area contributed by atoms with E-state index in [1.54, 1.807) is 18.5 Å². The molecule has 174 valence electrons. The van der Waals surface area contributed by atoms with Crippen molar-refractivity contribution in [3.63, 3.8) is 0 Å². The molecule has 3 aromatic carbocycles. The Kier molecular flexibility index (Phi) is 5.47. The van der Waals surface area contributed by atoms with E-state index in [1.807, 2.05) is 47.0 Å². The monoisotopic (exact) mass is 470 g/mol. The quantitative estimate of drug-likeness (QED) is 0.298. The molecule has 0 radical (unpaired) electrons. The third kappa shape index (κ3) is 4.21. The summed E-state index contributed by atoms with van der Waals surface area (Å²) >= 11 is 0. The molecule has 0 amide bonds. The molecule has 1 N–H and O–H groups in total. The first kappa shape index (κ1) is 21.7. The largest absolute Gasteiger partial charge is 0.324 e. The molecule has 0 unspecified atom stereocenters. The van der Waals surface area contributed by atoms with Gasteiger partial charge in [-0.3, -0.25) is 9.36 Å². The van der Waals surface area contributed by atoms with E-state index in [2.05, 4.69) is 45.6 Å². The van der Waals surface area contributed by atoms with Gasteiger partial charge in [0.25, 0.3) is 0 Å². The predicted molar refractivity (Wildman–Crippen MR) is 138 cm³/mol. The van der Waals surface area contributed by atoms with Gasteiger partial charge in [0.15, 0.2) is 5.78 Å². The SMILES string of the molecule is N#CCc1cnc(-c2ccc3ccccc3c2)n1-c1ccnc(Nc2cccc(C(=O)C3CC3)c2)n1. The summed E-state index contributed by atoms with van der Waals surface area (Å²) in [7, 11) is 0. The molecule has 1 aliphatic rings. The van der Waals surface area contributed by atoms with E-state index < -0.39 is 0 Å². The first-order chi connectivity index (χ1) is 17.7. The summed E-state index contributed by atoms with van der Waals surface area (Å²) in [5, 5.41) is 14.9. The Morgan fingerprint density at radius 3 is 2.69 bits per heavy atom. The van der Waals surface area contributed by atoms with Gasteiger partial charge in [-0.15, -0.1) is 0 Å². The van der Waals surface area contributed by atoms with Crippen LogP contribution in [0.4, 0.5) is 11.6 Å². The predicted octanol–water partition coefficient (Wildman–Crippen LogP) is 5.88. The van der Waals surface area contributed by atoms with Gasteiger partial charge in [-0.05, 0) is 47.9 Å². The molecule has 1 saturated carbocycles. The second-order valence-corrected chi connectivity index (χ2v) is 8.89. The van der Waals surface area contributed by atoms with Crippen molar-refractivity contribution >= 4 is 28.2 Å². The number of imidazole rings is 1. The average Bonchev–Trinajstić information content (AvgIpc) is 3.68. The van der Waals surface area contributed by atoms with Crippen LogP contribution in [0.1, 0.15) is 28.9 Å². The Morgan fingerprint density at radius 2 is 1.86 bits per heavy atom. The fourth-order valence-corrected chi connectivity index (χ4v) is 4.38. The fourth-order valence-electron chi connectivity index (χ4n) is 4.38. The van der Waals surface area contributed by atoms with Gasteiger partial charge in [-0.2, -0.15) is 10.2 Å². The van der Waals surface area contributed by atoms with Crippen molar-refractivity contribution in [2.24, 2.45) is 5.92 Å². The molecule has 5 aromatic rings. The summed E-state index contributed by atoms with van der Waals surface area (Å²) in [5.74, 6) is 2.04. The molecule has 0 atom stereocenters. The molecule has 0 spiro atoms. The molecule has 1 fully saturated rings. The van der Waals surface area contributed by atoms with Crippen LogP contribution in [0.2, 0.25) is 0 Å². The molecule has 0 aliphatic heterocycles. The number of hydrogen-bond acceptors (Lipinski definition) is 6. The van der Waals surface area contributed by atoms with Crippen molar-refractivity contribution in [2.75, 3.05) is 5.32 Å². The Balaban J connectivity index is 1.37. The van der Waals surface area contributed by atoms with E-state index in [1.165, 1.54) is 0 Å². The van der Waals surface area contributed by atoms with Crippen LogP contribution >= 0.6 is 0 Å². The number of nitrogens with zero attached hydrogens (tertiary/aromatic N) is 5. The first-order valence-corrected chi connectivity index (χ1v) is 11.9. The summed E-state index contributed by atoms with van der Waals surface area (Å²) in [6.07, 6.45) is 5.52. The van der Waals surface area contributed by atoms with Crippen molar-refractivity contribution in [3.05, 3.63) is 96.4 Å². The molecule has 2 heterocycles. The minimum Gasteiger partial charge on any atom is -0.324 e. The summed E-state index contributed by atoms with van der Waals surface area (Å²) in [6.45, 7) is 0. The number of carbonyl (C=O) groups excluding carboxylic acids is 1. The number of aromatic nitrogens is 4. The fraction of sp³-hybridized carbons (Fsp3) is 0.138. The normalized spacial score (nSPS) is 12.9. The third-order valence-corrected chi connectivity index (χ3v) is 6.32. The van der Waals surface area contributed by atoms with Crippen molar-refractivity contribution < 1.29 is 4.79 Å². The zero-order valence-electron chi connectivity index (χ0n) is 19.4. The highest BCUT2D eigenvalue weighted by Gasteiger charge is 2.30. The lowest BCUT2D eigenvalue weighted by Gasteiger charge is -2.12. The second-order valence-electron chi connectivity index (χ2n) is 8.89. The molecular formula is C29H22N6O. The van der Waals surface area contributed by atoms with E-state index in [0.717, 1.165) is 40.6 Å². The zero-order chi connectivity index (χ0) is 24.5. The second kappa shape index (κ2) is 9.08. The number of hydrogen-bond donors (Lipinski definition) is 1. The van der Waals surface area contributed by atoms with Crippen molar-refractivity contribution in [2.45, 2.75) is 19.3 Å². The smallest absolute Gasteiger partial charge is 0.229 e. The van der Waals surface area contributed by atoms with Crippen molar-refractivity contribution in [1.82, 2.24) is 19.5 Å². The number of ketones is 1. The van der Waals surface area contributed by atoms with Crippen LogP contribution in [-0.2, 0) is 6.42 Å². The molecule has 7 heteroatoms. The van der Waals surface area contributed by atoms with Crippen molar-refractivity contribution in [1.29, 1.82) is 5.26 Å². The molecular weight excluding hydrogens is 448 g/mol. The Bertz CT molecular complexity index is 1640. The maximum absolute atomic E-state index is 12.5. The Labute approximate surface area is 208 Å². The third-order valence-electron chi connectivity index (χ3n) is 6.32. The van der Waals surface area contributed by atoms with Crippen LogP contribution in [-0.4, -0.2) is 25.3 Å². The number of benzene rings is 3. The summed E-state index contributed by atoms with van der Waals surface area (Å²) in [5.41, 5.74) is 3.11. The zero-order valence-corrected chi connectivity index (χ0v) is 19.4. The molecule has 2 aromatic heterocycles. The lowest BCUT2D eigenvalue weighted by atomic mass is 10.1. The minimum absolute atomic E-state index is 0.160. The maximum Gasteiger partial charge on any atom is 0.229 e. The molecule has 36 heavy (non-hydrogen) atoms. The van der Waals surface area contributed by atoms with E-state index in [-0.39, 0.29) is 18.1 Å². The number of Topliss-reactive ketones (excluding diaryl/α,β-unsaturated/α-hetero) is 1. The number of fused-ring (bicyclic) bond motifs is 1. The topological polar surface area (TPSA) is 96.5 Å².